The van der Waals surface area contributed by atoms with Gasteiger partial charge in [-0.3, -0.25) is 4.90 Å². The van der Waals surface area contributed by atoms with Crippen molar-refractivity contribution in [1.29, 1.82) is 0 Å². The Kier molecular flexibility index (Phi) is 4.33. The van der Waals surface area contributed by atoms with Crippen molar-refractivity contribution in [2.75, 3.05) is 19.7 Å². The Morgan fingerprint density at radius 1 is 1.22 bits per heavy atom. The van der Waals surface area contributed by atoms with E-state index in [9.17, 15) is 0 Å². The third kappa shape index (κ3) is 3.27. The van der Waals surface area contributed by atoms with E-state index in [0.717, 1.165) is 68.7 Å². The molecule has 0 spiro atoms. The molecule has 3 heterocycles. The molecule has 1 unspecified atom stereocenters. The van der Waals surface area contributed by atoms with Gasteiger partial charge in [-0.2, -0.15) is 0 Å². The van der Waals surface area contributed by atoms with Gasteiger partial charge in [-0.25, -0.2) is 0 Å². The maximum absolute atomic E-state index is 6.09. The van der Waals surface area contributed by atoms with Gasteiger partial charge >= 0.3 is 0 Å². The van der Waals surface area contributed by atoms with Gasteiger partial charge in [0.15, 0.2) is 5.82 Å². The Hall–Kier alpha value is -1.43. The highest BCUT2D eigenvalue weighted by atomic mass is 35.5. The van der Waals surface area contributed by atoms with E-state index < -0.39 is 0 Å². The van der Waals surface area contributed by atoms with Crippen LogP contribution in [0.4, 0.5) is 0 Å². The molecule has 0 bridgehead atoms. The minimum Gasteiger partial charge on any atom is -0.370 e. The summed E-state index contributed by atoms with van der Waals surface area (Å²) in [6, 6.07) is 8.11. The number of halogens is 1. The van der Waals surface area contributed by atoms with Crippen molar-refractivity contribution in [2.45, 2.75) is 38.5 Å². The molecule has 0 aliphatic carbocycles. The highest BCUT2D eigenvalue weighted by Crippen LogP contribution is 2.28. The molecule has 2 aliphatic rings. The fourth-order valence-electron chi connectivity index (χ4n) is 3.46. The van der Waals surface area contributed by atoms with Crippen molar-refractivity contribution in [2.24, 2.45) is 0 Å². The summed E-state index contributed by atoms with van der Waals surface area (Å²) >= 11 is 6.09. The molecule has 2 aromatic rings. The zero-order chi connectivity index (χ0) is 15.6. The molecule has 23 heavy (non-hydrogen) atoms. The SMILES string of the molecule is Clc1cccc(CN2CCc3nnc(C4CCCO4)n3CC2)c1. The molecule has 0 amide bonds. The molecule has 1 atom stereocenters. The predicted molar refractivity (Wildman–Crippen MR) is 88.4 cm³/mol. The first-order valence-corrected chi connectivity index (χ1v) is 8.68. The number of hydrogen-bond acceptors (Lipinski definition) is 4. The lowest BCUT2D eigenvalue weighted by Gasteiger charge is -2.20. The second-order valence-corrected chi connectivity index (χ2v) is 6.72. The predicted octanol–water partition coefficient (Wildman–Crippen LogP) is 2.84. The Balaban J connectivity index is 1.46. The molecule has 1 fully saturated rings. The molecule has 1 aromatic heterocycles. The number of ether oxygens (including phenoxy) is 1. The van der Waals surface area contributed by atoms with E-state index in [1.54, 1.807) is 0 Å². The zero-order valence-electron chi connectivity index (χ0n) is 13.1. The molecule has 5 nitrogen and oxygen atoms in total. The van der Waals surface area contributed by atoms with Crippen LogP contribution in [-0.2, 0) is 24.2 Å². The molecule has 1 saturated heterocycles. The summed E-state index contributed by atoms with van der Waals surface area (Å²) in [7, 11) is 0. The number of hydrogen-bond donors (Lipinski definition) is 0. The van der Waals surface area contributed by atoms with Gasteiger partial charge in [0.2, 0.25) is 0 Å². The maximum atomic E-state index is 6.09. The van der Waals surface area contributed by atoms with Crippen LogP contribution < -0.4 is 0 Å². The molecule has 1 aromatic carbocycles. The van der Waals surface area contributed by atoms with Gasteiger partial charge in [-0.1, -0.05) is 23.7 Å². The topological polar surface area (TPSA) is 43.2 Å². The van der Waals surface area contributed by atoms with Crippen molar-refractivity contribution < 1.29 is 4.74 Å². The molecular weight excluding hydrogens is 312 g/mol. The lowest BCUT2D eigenvalue weighted by atomic mass is 10.2. The largest absolute Gasteiger partial charge is 0.370 e. The molecule has 4 rings (SSSR count). The maximum Gasteiger partial charge on any atom is 0.162 e. The Bertz CT molecular complexity index is 681. The van der Waals surface area contributed by atoms with Crippen LogP contribution in [0, 0.1) is 0 Å². The molecule has 6 heteroatoms. The van der Waals surface area contributed by atoms with E-state index in [-0.39, 0.29) is 6.10 Å². The van der Waals surface area contributed by atoms with Gasteiger partial charge in [0, 0.05) is 44.2 Å². The normalized spacial score (nSPS) is 22.0. The van der Waals surface area contributed by atoms with E-state index >= 15 is 0 Å². The summed E-state index contributed by atoms with van der Waals surface area (Å²) < 4.78 is 8.06. The van der Waals surface area contributed by atoms with Gasteiger partial charge in [0.1, 0.15) is 11.9 Å². The zero-order valence-corrected chi connectivity index (χ0v) is 13.9. The van der Waals surface area contributed by atoms with Crippen molar-refractivity contribution in [3.63, 3.8) is 0 Å². The van der Waals surface area contributed by atoms with Crippen LogP contribution in [0.2, 0.25) is 5.02 Å². The molecule has 2 aliphatic heterocycles. The number of nitrogens with zero attached hydrogens (tertiary/aromatic N) is 4. The lowest BCUT2D eigenvalue weighted by molar-refractivity contribution is 0.101. The monoisotopic (exact) mass is 332 g/mol. The summed E-state index contributed by atoms with van der Waals surface area (Å²) in [6.45, 7) is 4.69. The van der Waals surface area contributed by atoms with E-state index in [4.69, 9.17) is 16.3 Å². The minimum absolute atomic E-state index is 0.135. The van der Waals surface area contributed by atoms with E-state index in [1.165, 1.54) is 5.56 Å². The number of aromatic nitrogens is 3. The molecule has 122 valence electrons. The molecular formula is C17H21ClN4O. The van der Waals surface area contributed by atoms with E-state index in [1.807, 2.05) is 18.2 Å². The number of rotatable bonds is 3. The molecule has 0 saturated carbocycles. The van der Waals surface area contributed by atoms with Crippen LogP contribution in [0.3, 0.4) is 0 Å². The van der Waals surface area contributed by atoms with Crippen LogP contribution >= 0.6 is 11.6 Å². The number of benzene rings is 1. The van der Waals surface area contributed by atoms with Crippen LogP contribution in [0.15, 0.2) is 24.3 Å². The third-order valence-corrected chi connectivity index (χ3v) is 4.90. The third-order valence-electron chi connectivity index (χ3n) is 4.66. The minimum atomic E-state index is 0.135. The first kappa shape index (κ1) is 15.1. The summed E-state index contributed by atoms with van der Waals surface area (Å²) in [5, 5.41) is 9.60. The average Bonchev–Trinajstić information content (AvgIpc) is 3.16. The van der Waals surface area contributed by atoms with E-state index in [2.05, 4.69) is 25.7 Å². The van der Waals surface area contributed by atoms with Crippen LogP contribution in [-0.4, -0.2) is 39.4 Å². The Labute approximate surface area is 141 Å². The highest BCUT2D eigenvalue weighted by Gasteiger charge is 2.26. The van der Waals surface area contributed by atoms with Gasteiger partial charge in [-0.15, -0.1) is 10.2 Å². The van der Waals surface area contributed by atoms with Gasteiger partial charge < -0.3 is 9.30 Å². The van der Waals surface area contributed by atoms with Crippen LogP contribution in [0.1, 0.15) is 36.2 Å². The van der Waals surface area contributed by atoms with Crippen molar-refractivity contribution in [1.82, 2.24) is 19.7 Å². The standard InChI is InChI=1S/C17H21ClN4O/c18-14-4-1-3-13(11-14)12-21-7-6-16-19-20-17(22(16)9-8-21)15-5-2-10-23-15/h1,3-4,11,15H,2,5-10,12H2. The van der Waals surface area contributed by atoms with Crippen LogP contribution in [0.25, 0.3) is 0 Å². The van der Waals surface area contributed by atoms with E-state index in [0.29, 0.717) is 0 Å². The van der Waals surface area contributed by atoms with Crippen molar-refractivity contribution in [3.05, 3.63) is 46.5 Å². The summed E-state index contributed by atoms with van der Waals surface area (Å²) in [5.74, 6) is 2.10. The summed E-state index contributed by atoms with van der Waals surface area (Å²) in [4.78, 5) is 2.46. The Morgan fingerprint density at radius 3 is 3.00 bits per heavy atom. The quantitative estimate of drug-likeness (QED) is 0.867. The average molecular weight is 333 g/mol. The molecule has 0 N–H and O–H groups in total. The molecule has 0 radical (unpaired) electrons. The van der Waals surface area contributed by atoms with Crippen molar-refractivity contribution in [3.8, 4) is 0 Å². The first-order chi connectivity index (χ1) is 11.3. The fourth-order valence-corrected chi connectivity index (χ4v) is 3.67. The van der Waals surface area contributed by atoms with Gasteiger partial charge in [0.25, 0.3) is 0 Å². The summed E-state index contributed by atoms with van der Waals surface area (Å²) in [6.07, 6.45) is 3.24. The first-order valence-electron chi connectivity index (χ1n) is 8.30. The Morgan fingerprint density at radius 2 is 2.17 bits per heavy atom. The van der Waals surface area contributed by atoms with Gasteiger partial charge in [-0.05, 0) is 30.5 Å². The fraction of sp³-hybridized carbons (Fsp3) is 0.529. The van der Waals surface area contributed by atoms with Crippen molar-refractivity contribution >= 4 is 11.6 Å². The summed E-state index contributed by atoms with van der Waals surface area (Å²) in [5.41, 5.74) is 1.26. The lowest BCUT2D eigenvalue weighted by Crippen LogP contribution is -2.26. The second kappa shape index (κ2) is 6.59. The van der Waals surface area contributed by atoms with Gasteiger partial charge in [0.05, 0.1) is 0 Å². The number of fused-ring (bicyclic) bond motifs is 1. The van der Waals surface area contributed by atoms with Crippen LogP contribution in [0.5, 0.6) is 0 Å². The second-order valence-electron chi connectivity index (χ2n) is 6.28. The highest BCUT2D eigenvalue weighted by molar-refractivity contribution is 6.30. The smallest absolute Gasteiger partial charge is 0.162 e.